The van der Waals surface area contributed by atoms with E-state index in [0.29, 0.717) is 6.26 Å². The van der Waals surface area contributed by atoms with Crippen molar-refractivity contribution in [3.05, 3.63) is 35.3 Å². The number of rotatable bonds is 0. The summed E-state index contributed by atoms with van der Waals surface area (Å²) in [4.78, 5) is 0. The van der Waals surface area contributed by atoms with Crippen LogP contribution >= 0.6 is 0 Å². The van der Waals surface area contributed by atoms with E-state index in [0.717, 1.165) is 12.1 Å². The van der Waals surface area contributed by atoms with Crippen LogP contribution in [0.15, 0.2) is 22.8 Å². The van der Waals surface area contributed by atoms with Crippen molar-refractivity contribution in [3.63, 3.8) is 0 Å². The topological polar surface area (TPSA) is 36.9 Å². The van der Waals surface area contributed by atoms with Crippen molar-refractivity contribution in [3.8, 4) is 6.07 Å². The minimum atomic E-state index is -4.63. The molecule has 0 unspecified atom stereocenters. The molecule has 0 fully saturated rings. The Balaban J connectivity index is 2.82. The Morgan fingerprint density at radius 2 is 1.94 bits per heavy atom. The van der Waals surface area contributed by atoms with Crippen LogP contribution in [-0.2, 0) is 6.18 Å². The zero-order chi connectivity index (χ0) is 11.9. The summed E-state index contributed by atoms with van der Waals surface area (Å²) in [6.07, 6.45) is -4.19. The Morgan fingerprint density at radius 3 is 2.50 bits per heavy atom. The molecule has 0 saturated heterocycles. The van der Waals surface area contributed by atoms with Gasteiger partial charge in [-0.1, -0.05) is 0 Å². The van der Waals surface area contributed by atoms with Gasteiger partial charge in [-0.2, -0.15) is 18.4 Å². The zero-order valence-corrected chi connectivity index (χ0v) is 7.60. The van der Waals surface area contributed by atoms with Crippen molar-refractivity contribution in [2.75, 3.05) is 0 Å². The van der Waals surface area contributed by atoms with Gasteiger partial charge in [-0.25, -0.2) is 4.39 Å². The molecule has 0 aliphatic carbocycles. The molecule has 1 aromatic heterocycles. The van der Waals surface area contributed by atoms with Gasteiger partial charge in [0.05, 0.1) is 11.6 Å². The summed E-state index contributed by atoms with van der Waals surface area (Å²) >= 11 is 0. The maximum Gasteiger partial charge on any atom is 0.420 e. The lowest BCUT2D eigenvalue weighted by atomic mass is 10.1. The van der Waals surface area contributed by atoms with Gasteiger partial charge in [-0.3, -0.25) is 0 Å². The summed E-state index contributed by atoms with van der Waals surface area (Å²) in [5.74, 6) is -0.982. The number of nitrogens with zero attached hydrogens (tertiary/aromatic N) is 1. The third-order valence-electron chi connectivity index (χ3n) is 2.06. The standard InChI is InChI=1S/C10H3F4NO/c11-8-2-5(3-15)1-6-7(10(12,13)14)4-16-9(6)8/h1-2,4H. The summed E-state index contributed by atoms with van der Waals surface area (Å²) in [6.45, 7) is 0. The van der Waals surface area contributed by atoms with E-state index in [9.17, 15) is 17.6 Å². The molecule has 0 amide bonds. The van der Waals surface area contributed by atoms with Crippen LogP contribution in [-0.4, -0.2) is 0 Å². The van der Waals surface area contributed by atoms with Gasteiger partial charge in [0.15, 0.2) is 11.4 Å². The van der Waals surface area contributed by atoms with Gasteiger partial charge in [0.25, 0.3) is 0 Å². The number of alkyl halides is 3. The average Bonchev–Trinajstić information content (AvgIpc) is 2.60. The van der Waals surface area contributed by atoms with Crippen LogP contribution < -0.4 is 0 Å². The molecule has 0 spiro atoms. The van der Waals surface area contributed by atoms with E-state index in [4.69, 9.17) is 5.26 Å². The molecule has 2 nitrogen and oxygen atoms in total. The molecule has 2 rings (SSSR count). The van der Waals surface area contributed by atoms with Gasteiger partial charge in [0, 0.05) is 5.39 Å². The lowest BCUT2D eigenvalue weighted by Gasteiger charge is -2.02. The molecule has 0 atom stereocenters. The summed E-state index contributed by atoms with van der Waals surface area (Å²) < 4.78 is 55.1. The number of hydrogen-bond donors (Lipinski definition) is 0. The van der Waals surface area contributed by atoms with E-state index in [1.165, 1.54) is 0 Å². The molecule has 1 heterocycles. The number of nitriles is 1. The van der Waals surface area contributed by atoms with Crippen LogP contribution in [0.4, 0.5) is 17.6 Å². The lowest BCUT2D eigenvalue weighted by Crippen LogP contribution is -2.03. The average molecular weight is 229 g/mol. The fraction of sp³-hybridized carbons (Fsp3) is 0.100. The van der Waals surface area contributed by atoms with Crippen LogP contribution in [0.2, 0.25) is 0 Å². The van der Waals surface area contributed by atoms with Crippen molar-refractivity contribution in [1.82, 2.24) is 0 Å². The van der Waals surface area contributed by atoms with E-state index in [2.05, 4.69) is 4.42 Å². The lowest BCUT2D eigenvalue weighted by molar-refractivity contribution is -0.136. The molecule has 0 saturated carbocycles. The van der Waals surface area contributed by atoms with E-state index >= 15 is 0 Å². The fourth-order valence-corrected chi connectivity index (χ4v) is 1.38. The number of furan rings is 1. The van der Waals surface area contributed by atoms with Gasteiger partial charge in [-0.05, 0) is 12.1 Å². The summed E-state index contributed by atoms with van der Waals surface area (Å²) in [6, 6.07) is 3.35. The number of fused-ring (bicyclic) bond motifs is 1. The van der Waals surface area contributed by atoms with Crippen LogP contribution in [0, 0.1) is 17.1 Å². The Hall–Kier alpha value is -2.03. The first-order valence-corrected chi connectivity index (χ1v) is 4.11. The largest absolute Gasteiger partial charge is 0.461 e. The second kappa shape index (κ2) is 3.23. The van der Waals surface area contributed by atoms with Crippen molar-refractivity contribution in [1.29, 1.82) is 5.26 Å². The highest BCUT2D eigenvalue weighted by Gasteiger charge is 2.35. The molecule has 0 radical (unpaired) electrons. The van der Waals surface area contributed by atoms with Crippen LogP contribution in [0.1, 0.15) is 11.1 Å². The quantitative estimate of drug-likeness (QED) is 0.648. The first-order chi connectivity index (χ1) is 7.43. The Labute approximate surface area is 86.7 Å². The van der Waals surface area contributed by atoms with Gasteiger partial charge in [-0.15, -0.1) is 0 Å². The number of halogens is 4. The highest BCUT2D eigenvalue weighted by atomic mass is 19.4. The zero-order valence-electron chi connectivity index (χ0n) is 7.60. The Kier molecular flexibility index (Phi) is 2.12. The van der Waals surface area contributed by atoms with Crippen LogP contribution in [0.5, 0.6) is 0 Å². The molecule has 2 aromatic rings. The molecule has 82 valence electrons. The maximum atomic E-state index is 13.2. The summed E-state index contributed by atoms with van der Waals surface area (Å²) in [7, 11) is 0. The van der Waals surface area contributed by atoms with E-state index in [1.807, 2.05) is 0 Å². The van der Waals surface area contributed by atoms with Gasteiger partial charge < -0.3 is 4.42 Å². The molecule has 16 heavy (non-hydrogen) atoms. The SMILES string of the molecule is N#Cc1cc(F)c2occ(C(F)(F)F)c2c1. The van der Waals surface area contributed by atoms with E-state index in [1.54, 1.807) is 6.07 Å². The summed E-state index contributed by atoms with van der Waals surface area (Å²) in [5.41, 5.74) is -1.76. The molecule has 0 aliphatic heterocycles. The highest BCUT2D eigenvalue weighted by Crippen LogP contribution is 2.37. The second-order valence-corrected chi connectivity index (χ2v) is 3.09. The Bertz CT molecular complexity index is 591. The second-order valence-electron chi connectivity index (χ2n) is 3.09. The number of hydrogen-bond acceptors (Lipinski definition) is 2. The predicted octanol–water partition coefficient (Wildman–Crippen LogP) is 3.46. The minimum absolute atomic E-state index is 0.183. The maximum absolute atomic E-state index is 13.2. The minimum Gasteiger partial charge on any atom is -0.461 e. The van der Waals surface area contributed by atoms with Crippen molar-refractivity contribution < 1.29 is 22.0 Å². The predicted molar refractivity (Wildman–Crippen MR) is 45.9 cm³/mol. The van der Waals surface area contributed by atoms with Gasteiger partial charge in [0.2, 0.25) is 0 Å². The molecule has 0 aliphatic rings. The molecule has 0 N–H and O–H groups in total. The van der Waals surface area contributed by atoms with Gasteiger partial charge >= 0.3 is 6.18 Å². The smallest absolute Gasteiger partial charge is 0.420 e. The monoisotopic (exact) mass is 229 g/mol. The number of benzene rings is 1. The van der Waals surface area contributed by atoms with Crippen molar-refractivity contribution in [2.45, 2.75) is 6.18 Å². The van der Waals surface area contributed by atoms with E-state index in [-0.39, 0.29) is 5.56 Å². The first-order valence-electron chi connectivity index (χ1n) is 4.11. The first kappa shape index (κ1) is 10.5. The third kappa shape index (κ3) is 1.50. The third-order valence-corrected chi connectivity index (χ3v) is 2.06. The van der Waals surface area contributed by atoms with Crippen LogP contribution in [0.25, 0.3) is 11.0 Å². The van der Waals surface area contributed by atoms with Gasteiger partial charge in [0.1, 0.15) is 11.8 Å². The fourth-order valence-electron chi connectivity index (χ4n) is 1.38. The molecular weight excluding hydrogens is 226 g/mol. The van der Waals surface area contributed by atoms with Crippen molar-refractivity contribution in [2.24, 2.45) is 0 Å². The molecule has 6 heteroatoms. The summed E-state index contributed by atoms with van der Waals surface area (Å²) in [5, 5.41) is 8.08. The molecule has 1 aromatic carbocycles. The Morgan fingerprint density at radius 1 is 1.25 bits per heavy atom. The normalized spacial score (nSPS) is 11.7. The van der Waals surface area contributed by atoms with Crippen molar-refractivity contribution >= 4 is 11.0 Å². The van der Waals surface area contributed by atoms with E-state index < -0.39 is 28.5 Å². The molecular formula is C10H3F4NO. The molecule has 0 bridgehead atoms. The highest BCUT2D eigenvalue weighted by molar-refractivity contribution is 5.83. The van der Waals surface area contributed by atoms with Crippen LogP contribution in [0.3, 0.4) is 0 Å².